The molecule has 0 fully saturated rings. The fourth-order valence-corrected chi connectivity index (χ4v) is 2.59. The van der Waals surface area contributed by atoms with Crippen molar-refractivity contribution in [3.05, 3.63) is 29.8 Å². The summed E-state index contributed by atoms with van der Waals surface area (Å²) in [4.78, 5) is 0. The first-order chi connectivity index (χ1) is 8.40. The summed E-state index contributed by atoms with van der Waals surface area (Å²) in [7, 11) is 0. The van der Waals surface area contributed by atoms with Gasteiger partial charge in [0.15, 0.2) is 5.17 Å². The molecular formula is C11H11Cl4NO2. The van der Waals surface area contributed by atoms with Crippen LogP contribution in [0.2, 0.25) is 0 Å². The number of halogens is 4. The van der Waals surface area contributed by atoms with Crippen molar-refractivity contribution in [1.82, 2.24) is 0 Å². The van der Waals surface area contributed by atoms with Crippen LogP contribution in [0, 0.1) is 0 Å². The highest BCUT2D eigenvalue weighted by Crippen LogP contribution is 2.43. The minimum atomic E-state index is -1.71. The summed E-state index contributed by atoms with van der Waals surface area (Å²) in [6.45, 7) is 2.44. The highest BCUT2D eigenvalue weighted by atomic mass is 35.6. The fraction of sp³-hybridized carbons (Fsp3) is 0.364. The van der Waals surface area contributed by atoms with E-state index >= 15 is 0 Å². The van der Waals surface area contributed by atoms with Crippen molar-refractivity contribution in [3.63, 3.8) is 0 Å². The van der Waals surface area contributed by atoms with Gasteiger partial charge in [0.25, 0.3) is 0 Å². The summed E-state index contributed by atoms with van der Waals surface area (Å²) in [5, 5.41) is 11.4. The summed E-state index contributed by atoms with van der Waals surface area (Å²) in [5.74, 6) is -0.147. The number of nitrogens with zero attached hydrogens (tertiary/aromatic N) is 1. The van der Waals surface area contributed by atoms with Crippen LogP contribution in [0.4, 0.5) is 0 Å². The van der Waals surface area contributed by atoms with E-state index in [9.17, 15) is 0 Å². The molecule has 0 saturated carbocycles. The molecule has 0 spiro atoms. The Morgan fingerprint density at radius 1 is 1.33 bits per heavy atom. The summed E-state index contributed by atoms with van der Waals surface area (Å²) >= 11 is 23.3. The van der Waals surface area contributed by atoms with Crippen LogP contribution in [0.5, 0.6) is 5.75 Å². The molecule has 0 unspecified atom stereocenters. The molecule has 1 rings (SSSR count). The number of rotatable bonds is 4. The second kappa shape index (κ2) is 6.71. The molecule has 1 atom stereocenters. The highest BCUT2D eigenvalue weighted by Gasteiger charge is 2.37. The molecule has 0 bridgehead atoms. The van der Waals surface area contributed by atoms with Crippen LogP contribution in [0.15, 0.2) is 29.4 Å². The molecule has 0 radical (unpaired) electrons. The zero-order valence-electron chi connectivity index (χ0n) is 9.41. The predicted molar refractivity (Wildman–Crippen MR) is 75.7 cm³/mol. The zero-order chi connectivity index (χ0) is 13.8. The van der Waals surface area contributed by atoms with Crippen LogP contribution < -0.4 is 4.74 Å². The van der Waals surface area contributed by atoms with Crippen LogP contribution in [0.3, 0.4) is 0 Å². The second-order valence-electron chi connectivity index (χ2n) is 3.40. The number of hydrogen-bond acceptors (Lipinski definition) is 3. The van der Waals surface area contributed by atoms with Crippen molar-refractivity contribution in [2.75, 3.05) is 6.61 Å². The Labute approximate surface area is 125 Å². The third kappa shape index (κ3) is 4.09. The largest absolute Gasteiger partial charge is 0.494 e. The molecule has 100 valence electrons. The van der Waals surface area contributed by atoms with Crippen LogP contribution in [-0.4, -0.2) is 20.8 Å². The molecule has 0 saturated heterocycles. The lowest BCUT2D eigenvalue weighted by atomic mass is 10.0. The summed E-state index contributed by atoms with van der Waals surface area (Å²) in [5.41, 5.74) is 0.612. The zero-order valence-corrected chi connectivity index (χ0v) is 12.4. The van der Waals surface area contributed by atoms with Gasteiger partial charge in [0.05, 0.1) is 12.5 Å². The van der Waals surface area contributed by atoms with Crippen LogP contribution in [0.1, 0.15) is 18.4 Å². The molecule has 0 aliphatic carbocycles. The first kappa shape index (κ1) is 15.7. The van der Waals surface area contributed by atoms with Gasteiger partial charge in [0, 0.05) is 0 Å². The molecule has 3 nitrogen and oxygen atoms in total. The van der Waals surface area contributed by atoms with Gasteiger partial charge in [0.2, 0.25) is 3.79 Å². The van der Waals surface area contributed by atoms with E-state index in [4.69, 9.17) is 56.3 Å². The van der Waals surface area contributed by atoms with Gasteiger partial charge in [-0.1, -0.05) is 63.7 Å². The van der Waals surface area contributed by atoms with E-state index in [0.717, 1.165) is 0 Å². The van der Waals surface area contributed by atoms with E-state index in [2.05, 4.69) is 5.16 Å². The second-order valence-corrected chi connectivity index (χ2v) is 6.16. The Hall–Kier alpha value is -0.350. The predicted octanol–water partition coefficient (Wildman–Crippen LogP) is 4.57. The van der Waals surface area contributed by atoms with Crippen molar-refractivity contribution in [1.29, 1.82) is 0 Å². The van der Waals surface area contributed by atoms with E-state index in [1.807, 2.05) is 6.92 Å². The van der Waals surface area contributed by atoms with Crippen molar-refractivity contribution >= 4 is 51.6 Å². The van der Waals surface area contributed by atoms with Crippen LogP contribution in [-0.2, 0) is 0 Å². The van der Waals surface area contributed by atoms with Gasteiger partial charge in [-0.15, -0.1) is 0 Å². The maximum atomic E-state index is 8.72. The van der Waals surface area contributed by atoms with Gasteiger partial charge in [-0.3, -0.25) is 0 Å². The SMILES string of the molecule is CCOc1ccc([C@@H](/C(Cl)=N\O)C(Cl)(Cl)Cl)cc1. The molecule has 0 aliphatic rings. The maximum absolute atomic E-state index is 8.72. The average molecular weight is 331 g/mol. The van der Waals surface area contributed by atoms with Gasteiger partial charge in [-0.2, -0.15) is 0 Å². The topological polar surface area (TPSA) is 41.8 Å². The molecular weight excluding hydrogens is 320 g/mol. The minimum Gasteiger partial charge on any atom is -0.494 e. The van der Waals surface area contributed by atoms with Crippen molar-refractivity contribution in [2.24, 2.45) is 5.16 Å². The van der Waals surface area contributed by atoms with E-state index in [1.54, 1.807) is 24.3 Å². The average Bonchev–Trinajstić information content (AvgIpc) is 2.30. The minimum absolute atomic E-state index is 0.195. The van der Waals surface area contributed by atoms with Gasteiger partial charge in [0.1, 0.15) is 5.75 Å². The number of oxime groups is 1. The summed E-state index contributed by atoms with van der Waals surface area (Å²) in [6, 6.07) is 6.85. The Morgan fingerprint density at radius 2 is 1.89 bits per heavy atom. The molecule has 1 N–H and O–H groups in total. The molecule has 0 heterocycles. The maximum Gasteiger partial charge on any atom is 0.203 e. The van der Waals surface area contributed by atoms with E-state index in [-0.39, 0.29) is 5.17 Å². The lowest BCUT2D eigenvalue weighted by molar-refractivity contribution is 0.318. The lowest BCUT2D eigenvalue weighted by Gasteiger charge is -2.22. The summed E-state index contributed by atoms with van der Waals surface area (Å²) < 4.78 is 3.59. The first-order valence-electron chi connectivity index (χ1n) is 5.07. The number of ether oxygens (including phenoxy) is 1. The smallest absolute Gasteiger partial charge is 0.203 e. The molecule has 1 aromatic rings. The molecule has 7 heteroatoms. The lowest BCUT2D eigenvalue weighted by Crippen LogP contribution is -2.22. The third-order valence-corrected chi connectivity index (χ3v) is 3.13. The Morgan fingerprint density at radius 3 is 2.28 bits per heavy atom. The Kier molecular flexibility index (Phi) is 5.86. The number of benzene rings is 1. The summed E-state index contributed by atoms with van der Waals surface area (Å²) in [6.07, 6.45) is 0. The molecule has 0 aromatic heterocycles. The Balaban J connectivity index is 3.07. The van der Waals surface area contributed by atoms with Crippen LogP contribution >= 0.6 is 46.4 Å². The third-order valence-electron chi connectivity index (χ3n) is 2.19. The normalized spacial score (nSPS) is 14.4. The van der Waals surface area contributed by atoms with Crippen molar-refractivity contribution < 1.29 is 9.94 Å². The highest BCUT2D eigenvalue weighted by molar-refractivity contribution is 6.74. The Bertz CT molecular complexity index is 414. The monoisotopic (exact) mass is 329 g/mol. The van der Waals surface area contributed by atoms with Gasteiger partial charge in [-0.05, 0) is 24.6 Å². The molecule has 18 heavy (non-hydrogen) atoms. The van der Waals surface area contributed by atoms with Gasteiger partial charge >= 0.3 is 0 Å². The van der Waals surface area contributed by atoms with E-state index in [0.29, 0.717) is 17.9 Å². The number of alkyl halides is 3. The van der Waals surface area contributed by atoms with Crippen LogP contribution in [0.25, 0.3) is 0 Å². The standard InChI is InChI=1S/C11H11Cl4NO2/c1-2-18-8-5-3-7(4-6-8)9(10(12)16-17)11(13,14)15/h3-6,9,17H,2H2,1H3/b16-10+/t9-/m0/s1. The van der Waals surface area contributed by atoms with Gasteiger partial charge < -0.3 is 9.94 Å². The quantitative estimate of drug-likeness (QED) is 0.380. The van der Waals surface area contributed by atoms with Crippen molar-refractivity contribution in [2.45, 2.75) is 16.6 Å². The molecule has 1 aromatic carbocycles. The fourth-order valence-electron chi connectivity index (χ4n) is 1.44. The number of hydrogen-bond donors (Lipinski definition) is 1. The molecule has 0 aliphatic heterocycles. The van der Waals surface area contributed by atoms with E-state index in [1.165, 1.54) is 0 Å². The molecule has 0 amide bonds. The van der Waals surface area contributed by atoms with E-state index < -0.39 is 9.71 Å². The van der Waals surface area contributed by atoms with Gasteiger partial charge in [-0.25, -0.2) is 0 Å². The first-order valence-corrected chi connectivity index (χ1v) is 6.58. The van der Waals surface area contributed by atoms with Crippen molar-refractivity contribution in [3.8, 4) is 5.75 Å².